The zero-order valence-electron chi connectivity index (χ0n) is 10.7. The molecule has 1 unspecified atom stereocenters. The summed E-state index contributed by atoms with van der Waals surface area (Å²) < 4.78 is 0. The molecule has 1 atom stereocenters. The van der Waals surface area contributed by atoms with Crippen LogP contribution in [0.15, 0.2) is 0 Å². The summed E-state index contributed by atoms with van der Waals surface area (Å²) in [4.78, 5) is 2.23. The second-order valence-electron chi connectivity index (χ2n) is 5.44. The van der Waals surface area contributed by atoms with Gasteiger partial charge in [0.1, 0.15) is 0 Å². The van der Waals surface area contributed by atoms with Crippen LogP contribution in [0.4, 0.5) is 0 Å². The molecule has 1 aliphatic rings. The molecular formula is C13H28N2. The van der Waals surface area contributed by atoms with Gasteiger partial charge in [-0.05, 0) is 51.7 Å². The minimum Gasteiger partial charge on any atom is -0.327 e. The highest BCUT2D eigenvalue weighted by Crippen LogP contribution is 2.32. The molecule has 2 N–H and O–H groups in total. The fourth-order valence-electron chi connectivity index (χ4n) is 2.67. The lowest BCUT2D eigenvalue weighted by Gasteiger charge is -2.32. The van der Waals surface area contributed by atoms with Crippen molar-refractivity contribution < 1.29 is 0 Å². The normalized spacial score (nSPS) is 29.4. The Balaban J connectivity index is 2.20. The van der Waals surface area contributed by atoms with Gasteiger partial charge >= 0.3 is 0 Å². The van der Waals surface area contributed by atoms with Crippen molar-refractivity contribution in [2.24, 2.45) is 17.6 Å². The van der Waals surface area contributed by atoms with Crippen molar-refractivity contribution in [1.29, 1.82) is 0 Å². The van der Waals surface area contributed by atoms with Gasteiger partial charge < -0.3 is 10.6 Å². The number of rotatable bonds is 5. The lowest BCUT2D eigenvalue weighted by molar-refractivity contribution is 0.224. The number of nitrogens with zero attached hydrogens (tertiary/aromatic N) is 1. The third-order valence-corrected chi connectivity index (χ3v) is 3.98. The Morgan fingerprint density at radius 2 is 1.80 bits per heavy atom. The van der Waals surface area contributed by atoms with Crippen LogP contribution >= 0.6 is 0 Å². The predicted molar refractivity (Wildman–Crippen MR) is 66.9 cm³/mol. The predicted octanol–water partition coefficient (Wildman–Crippen LogP) is 2.48. The summed E-state index contributed by atoms with van der Waals surface area (Å²) in [6, 6.07) is 0.435. The maximum atomic E-state index is 6.26. The van der Waals surface area contributed by atoms with E-state index in [0.717, 1.165) is 24.8 Å². The smallest absolute Gasteiger partial charge is 0.00793 e. The highest BCUT2D eigenvalue weighted by Gasteiger charge is 2.24. The monoisotopic (exact) mass is 212 g/mol. The van der Waals surface area contributed by atoms with E-state index in [2.05, 4.69) is 25.9 Å². The van der Waals surface area contributed by atoms with Gasteiger partial charge in [-0.15, -0.1) is 0 Å². The molecule has 1 rings (SSSR count). The van der Waals surface area contributed by atoms with Crippen molar-refractivity contribution in [3.8, 4) is 0 Å². The molecule has 0 bridgehead atoms. The lowest BCUT2D eigenvalue weighted by Crippen LogP contribution is -2.35. The van der Waals surface area contributed by atoms with E-state index in [1.807, 2.05) is 0 Å². The van der Waals surface area contributed by atoms with Crippen molar-refractivity contribution in [3.05, 3.63) is 0 Å². The Morgan fingerprint density at radius 3 is 2.27 bits per heavy atom. The van der Waals surface area contributed by atoms with Gasteiger partial charge in [-0.2, -0.15) is 0 Å². The average Bonchev–Trinajstić information content (AvgIpc) is 2.26. The topological polar surface area (TPSA) is 29.3 Å². The van der Waals surface area contributed by atoms with E-state index < -0.39 is 0 Å². The van der Waals surface area contributed by atoms with Crippen LogP contribution in [0.3, 0.4) is 0 Å². The molecular weight excluding hydrogens is 184 g/mol. The molecule has 1 aliphatic carbocycles. The number of hydrogen-bond donors (Lipinski definition) is 1. The average molecular weight is 212 g/mol. The zero-order chi connectivity index (χ0) is 11.3. The first-order chi connectivity index (χ1) is 7.13. The van der Waals surface area contributed by atoms with Gasteiger partial charge in [0, 0.05) is 6.04 Å². The minimum atomic E-state index is 0.435. The number of hydrogen-bond acceptors (Lipinski definition) is 2. The van der Waals surface area contributed by atoms with Crippen molar-refractivity contribution >= 4 is 0 Å². The van der Waals surface area contributed by atoms with Crippen molar-refractivity contribution in [2.75, 3.05) is 20.6 Å². The summed E-state index contributed by atoms with van der Waals surface area (Å²) in [5, 5.41) is 0. The molecule has 0 aromatic heterocycles. The van der Waals surface area contributed by atoms with Crippen LogP contribution in [0.1, 0.15) is 45.4 Å². The van der Waals surface area contributed by atoms with E-state index in [9.17, 15) is 0 Å². The summed E-state index contributed by atoms with van der Waals surface area (Å²) in [6.45, 7) is 3.45. The van der Waals surface area contributed by atoms with Crippen molar-refractivity contribution in [2.45, 2.75) is 51.5 Å². The van der Waals surface area contributed by atoms with Crippen LogP contribution in [0.2, 0.25) is 0 Å². The van der Waals surface area contributed by atoms with Crippen molar-refractivity contribution in [1.82, 2.24) is 4.90 Å². The van der Waals surface area contributed by atoms with Crippen LogP contribution in [-0.2, 0) is 0 Å². The molecule has 0 amide bonds. The lowest BCUT2D eigenvalue weighted by atomic mass is 9.77. The van der Waals surface area contributed by atoms with Crippen LogP contribution in [0, 0.1) is 11.8 Å². The van der Waals surface area contributed by atoms with E-state index in [1.165, 1.54) is 32.1 Å². The van der Waals surface area contributed by atoms with E-state index in [0.29, 0.717) is 6.04 Å². The van der Waals surface area contributed by atoms with Gasteiger partial charge in [-0.1, -0.05) is 26.2 Å². The fraction of sp³-hybridized carbons (Fsp3) is 1.00. The third-order valence-electron chi connectivity index (χ3n) is 3.98. The second kappa shape index (κ2) is 6.49. The first kappa shape index (κ1) is 13.0. The Kier molecular flexibility index (Phi) is 5.62. The largest absolute Gasteiger partial charge is 0.327 e. The second-order valence-corrected chi connectivity index (χ2v) is 5.44. The summed E-state index contributed by atoms with van der Waals surface area (Å²) in [5.74, 6) is 1.79. The first-order valence-corrected chi connectivity index (χ1v) is 6.53. The van der Waals surface area contributed by atoms with Crippen LogP contribution in [-0.4, -0.2) is 31.6 Å². The maximum absolute atomic E-state index is 6.26. The molecule has 15 heavy (non-hydrogen) atoms. The Labute approximate surface area is 95.2 Å². The van der Waals surface area contributed by atoms with E-state index in [-0.39, 0.29) is 0 Å². The van der Waals surface area contributed by atoms with Crippen LogP contribution in [0.25, 0.3) is 0 Å². The molecule has 0 spiro atoms. The van der Waals surface area contributed by atoms with Gasteiger partial charge in [-0.25, -0.2) is 0 Å². The maximum Gasteiger partial charge on any atom is 0.00793 e. The Bertz CT molecular complexity index is 160. The molecule has 2 heteroatoms. The molecule has 0 saturated heterocycles. The molecule has 0 aromatic carbocycles. The summed E-state index contributed by atoms with van der Waals surface area (Å²) >= 11 is 0. The first-order valence-electron chi connectivity index (χ1n) is 6.53. The molecule has 1 saturated carbocycles. The molecule has 2 nitrogen and oxygen atoms in total. The Morgan fingerprint density at radius 1 is 1.20 bits per heavy atom. The minimum absolute atomic E-state index is 0.435. The highest BCUT2D eigenvalue weighted by molar-refractivity contribution is 4.79. The van der Waals surface area contributed by atoms with Crippen molar-refractivity contribution in [3.63, 3.8) is 0 Å². The van der Waals surface area contributed by atoms with Crippen LogP contribution < -0.4 is 5.73 Å². The van der Waals surface area contributed by atoms with Gasteiger partial charge in [-0.3, -0.25) is 0 Å². The summed E-state index contributed by atoms with van der Waals surface area (Å²) in [5.41, 5.74) is 6.26. The van der Waals surface area contributed by atoms with Gasteiger partial charge in [0.25, 0.3) is 0 Å². The SMILES string of the molecule is CCC1CCC(C(N)CCN(C)C)CC1. The quantitative estimate of drug-likeness (QED) is 0.758. The van der Waals surface area contributed by atoms with Crippen LogP contribution in [0.5, 0.6) is 0 Å². The zero-order valence-corrected chi connectivity index (χ0v) is 10.7. The fourth-order valence-corrected chi connectivity index (χ4v) is 2.67. The molecule has 0 radical (unpaired) electrons. The molecule has 0 aliphatic heterocycles. The number of nitrogens with two attached hydrogens (primary N) is 1. The van der Waals surface area contributed by atoms with E-state index in [4.69, 9.17) is 5.73 Å². The van der Waals surface area contributed by atoms with E-state index in [1.54, 1.807) is 0 Å². The highest BCUT2D eigenvalue weighted by atomic mass is 15.0. The standard InChI is InChI=1S/C13H28N2/c1-4-11-5-7-12(8-6-11)13(14)9-10-15(2)3/h11-13H,4-10,14H2,1-3H3. The third kappa shape index (κ3) is 4.52. The Hall–Kier alpha value is -0.0800. The summed E-state index contributed by atoms with van der Waals surface area (Å²) in [7, 11) is 4.25. The van der Waals surface area contributed by atoms with Gasteiger partial charge in [0.05, 0.1) is 0 Å². The van der Waals surface area contributed by atoms with Gasteiger partial charge in [0.2, 0.25) is 0 Å². The molecule has 0 aromatic rings. The molecule has 90 valence electrons. The van der Waals surface area contributed by atoms with E-state index >= 15 is 0 Å². The summed E-state index contributed by atoms with van der Waals surface area (Å²) in [6.07, 6.45) is 8.09. The molecule has 1 fully saturated rings. The molecule has 0 heterocycles. The van der Waals surface area contributed by atoms with Gasteiger partial charge in [0.15, 0.2) is 0 Å².